The van der Waals surface area contributed by atoms with E-state index >= 15 is 0 Å². The molecule has 1 heterocycles. The van der Waals surface area contributed by atoms with Crippen LogP contribution in [0.3, 0.4) is 0 Å². The van der Waals surface area contributed by atoms with Crippen molar-refractivity contribution in [2.45, 2.75) is 13.0 Å². The molecule has 4 nitrogen and oxygen atoms in total. The molecule has 0 radical (unpaired) electrons. The number of aryl methyl sites for hydroxylation is 1. The molecular formula is C24H26N2O2. The van der Waals surface area contributed by atoms with Gasteiger partial charge in [-0.05, 0) is 35.4 Å². The van der Waals surface area contributed by atoms with Crippen LogP contribution in [0, 0.1) is 6.92 Å². The van der Waals surface area contributed by atoms with E-state index in [9.17, 15) is 4.79 Å². The van der Waals surface area contributed by atoms with Crippen LogP contribution in [-0.2, 0) is 4.74 Å². The van der Waals surface area contributed by atoms with Crippen LogP contribution in [0.1, 0.15) is 27.5 Å². The summed E-state index contributed by atoms with van der Waals surface area (Å²) < 4.78 is 5.47. The number of hydrogen-bond donors (Lipinski definition) is 1. The standard InChI is InChI=1S/C24H26N2O2/c1-18-6-8-20(9-7-18)23(17-26-12-14-28-15-13-26)25-24(27)22-11-10-19-4-2-3-5-21(19)16-22/h2-11,16,23H,12-15,17H2,1H3,(H,25,27)/t23-/m0/s1. The zero-order valence-corrected chi connectivity index (χ0v) is 16.2. The summed E-state index contributed by atoms with van der Waals surface area (Å²) in [4.78, 5) is 15.4. The number of carbonyl (C=O) groups excluding carboxylic acids is 1. The zero-order chi connectivity index (χ0) is 19.3. The van der Waals surface area contributed by atoms with Crippen LogP contribution in [0.2, 0.25) is 0 Å². The van der Waals surface area contributed by atoms with Gasteiger partial charge in [0.05, 0.1) is 19.3 Å². The van der Waals surface area contributed by atoms with Gasteiger partial charge in [-0.15, -0.1) is 0 Å². The van der Waals surface area contributed by atoms with Crippen molar-refractivity contribution in [2.24, 2.45) is 0 Å². The normalized spacial score (nSPS) is 16.0. The summed E-state index contributed by atoms with van der Waals surface area (Å²) in [6.45, 7) is 6.15. The van der Waals surface area contributed by atoms with E-state index in [-0.39, 0.29) is 11.9 Å². The van der Waals surface area contributed by atoms with Gasteiger partial charge in [-0.1, -0.05) is 60.2 Å². The Labute approximate surface area is 166 Å². The lowest BCUT2D eigenvalue weighted by molar-refractivity contribution is 0.0332. The Kier molecular flexibility index (Phi) is 5.70. The molecule has 4 rings (SSSR count). The molecule has 1 aliphatic rings. The van der Waals surface area contributed by atoms with E-state index in [0.29, 0.717) is 5.56 Å². The number of rotatable bonds is 5. The number of morpholine rings is 1. The average Bonchev–Trinajstić information content (AvgIpc) is 2.74. The first-order valence-electron chi connectivity index (χ1n) is 9.85. The maximum atomic E-state index is 13.0. The van der Waals surface area contributed by atoms with Gasteiger partial charge in [0.25, 0.3) is 5.91 Å². The molecule has 0 bridgehead atoms. The second-order valence-electron chi connectivity index (χ2n) is 7.41. The lowest BCUT2D eigenvalue weighted by atomic mass is 10.0. The molecule has 4 heteroatoms. The molecule has 144 valence electrons. The summed E-state index contributed by atoms with van der Waals surface area (Å²) in [5.41, 5.74) is 3.04. The van der Waals surface area contributed by atoms with Crippen molar-refractivity contribution in [1.29, 1.82) is 0 Å². The van der Waals surface area contributed by atoms with Crippen molar-refractivity contribution in [3.05, 3.63) is 83.4 Å². The van der Waals surface area contributed by atoms with Crippen LogP contribution in [0.25, 0.3) is 10.8 Å². The zero-order valence-electron chi connectivity index (χ0n) is 16.2. The Morgan fingerprint density at radius 3 is 2.46 bits per heavy atom. The lowest BCUT2D eigenvalue weighted by Crippen LogP contribution is -2.43. The van der Waals surface area contributed by atoms with Gasteiger partial charge in [-0.25, -0.2) is 0 Å². The van der Waals surface area contributed by atoms with Crippen molar-refractivity contribution in [1.82, 2.24) is 10.2 Å². The molecule has 1 aliphatic heterocycles. The highest BCUT2D eigenvalue weighted by molar-refractivity contribution is 5.98. The summed E-state index contributed by atoms with van der Waals surface area (Å²) in [5.74, 6) is -0.0374. The third-order valence-corrected chi connectivity index (χ3v) is 5.34. The number of carbonyl (C=O) groups is 1. The summed E-state index contributed by atoms with van der Waals surface area (Å²) in [6.07, 6.45) is 0. The second-order valence-corrected chi connectivity index (χ2v) is 7.41. The van der Waals surface area contributed by atoms with Gasteiger partial charge in [-0.2, -0.15) is 0 Å². The maximum absolute atomic E-state index is 13.0. The number of nitrogens with one attached hydrogen (secondary N) is 1. The smallest absolute Gasteiger partial charge is 0.251 e. The van der Waals surface area contributed by atoms with Crippen LogP contribution in [0.5, 0.6) is 0 Å². The highest BCUT2D eigenvalue weighted by atomic mass is 16.5. The molecule has 1 amide bonds. The SMILES string of the molecule is Cc1ccc([C@H](CN2CCOCC2)NC(=O)c2ccc3ccccc3c2)cc1. The molecular weight excluding hydrogens is 348 g/mol. The molecule has 28 heavy (non-hydrogen) atoms. The van der Waals surface area contributed by atoms with Crippen LogP contribution >= 0.6 is 0 Å². The van der Waals surface area contributed by atoms with Gasteiger partial charge < -0.3 is 10.1 Å². The van der Waals surface area contributed by atoms with Crippen molar-refractivity contribution < 1.29 is 9.53 Å². The van der Waals surface area contributed by atoms with E-state index in [1.54, 1.807) is 0 Å². The van der Waals surface area contributed by atoms with Crippen molar-refractivity contribution >= 4 is 16.7 Å². The summed E-state index contributed by atoms with van der Waals surface area (Å²) in [6, 6.07) is 22.3. The van der Waals surface area contributed by atoms with Crippen LogP contribution < -0.4 is 5.32 Å². The van der Waals surface area contributed by atoms with Gasteiger partial charge >= 0.3 is 0 Å². The number of ether oxygens (including phenoxy) is 1. The fourth-order valence-corrected chi connectivity index (χ4v) is 3.65. The molecule has 0 unspecified atom stereocenters. The van der Waals surface area contributed by atoms with Gasteiger partial charge in [0, 0.05) is 25.2 Å². The number of amides is 1. The van der Waals surface area contributed by atoms with E-state index in [2.05, 4.69) is 47.5 Å². The van der Waals surface area contributed by atoms with Crippen LogP contribution in [0.4, 0.5) is 0 Å². The van der Waals surface area contributed by atoms with E-state index in [4.69, 9.17) is 4.74 Å². The Morgan fingerprint density at radius 1 is 1.00 bits per heavy atom. The van der Waals surface area contributed by atoms with Gasteiger partial charge in [0.15, 0.2) is 0 Å². The summed E-state index contributed by atoms with van der Waals surface area (Å²) in [7, 11) is 0. The highest BCUT2D eigenvalue weighted by Crippen LogP contribution is 2.19. The van der Waals surface area contributed by atoms with Gasteiger partial charge in [-0.3, -0.25) is 9.69 Å². The van der Waals surface area contributed by atoms with E-state index in [0.717, 1.165) is 49.2 Å². The van der Waals surface area contributed by atoms with Crippen molar-refractivity contribution in [3.63, 3.8) is 0 Å². The molecule has 1 saturated heterocycles. The molecule has 1 N–H and O–H groups in total. The molecule has 0 aliphatic carbocycles. The van der Waals surface area contributed by atoms with E-state index in [1.165, 1.54) is 5.56 Å². The Balaban J connectivity index is 1.55. The number of nitrogens with zero attached hydrogens (tertiary/aromatic N) is 1. The third kappa shape index (κ3) is 4.41. The minimum Gasteiger partial charge on any atom is -0.379 e. The molecule has 3 aromatic carbocycles. The number of hydrogen-bond acceptors (Lipinski definition) is 3. The maximum Gasteiger partial charge on any atom is 0.251 e. The first-order chi connectivity index (χ1) is 13.7. The first-order valence-corrected chi connectivity index (χ1v) is 9.85. The van der Waals surface area contributed by atoms with Crippen molar-refractivity contribution in [2.75, 3.05) is 32.8 Å². The third-order valence-electron chi connectivity index (χ3n) is 5.34. The Bertz CT molecular complexity index is 946. The molecule has 1 atom stereocenters. The fourth-order valence-electron chi connectivity index (χ4n) is 3.65. The quantitative estimate of drug-likeness (QED) is 0.735. The predicted molar refractivity (Wildman–Crippen MR) is 113 cm³/mol. The van der Waals surface area contributed by atoms with E-state index in [1.807, 2.05) is 36.4 Å². The minimum absolute atomic E-state index is 0.0374. The number of benzene rings is 3. The summed E-state index contributed by atoms with van der Waals surface area (Å²) in [5, 5.41) is 5.48. The van der Waals surface area contributed by atoms with E-state index < -0.39 is 0 Å². The topological polar surface area (TPSA) is 41.6 Å². The van der Waals surface area contributed by atoms with Crippen LogP contribution in [0.15, 0.2) is 66.7 Å². The Hall–Kier alpha value is -2.69. The summed E-state index contributed by atoms with van der Waals surface area (Å²) >= 11 is 0. The predicted octanol–water partition coefficient (Wildman–Crippen LogP) is 3.95. The van der Waals surface area contributed by atoms with Crippen molar-refractivity contribution in [3.8, 4) is 0 Å². The first kappa shape index (κ1) is 18.7. The molecule has 0 aromatic heterocycles. The largest absolute Gasteiger partial charge is 0.379 e. The second kappa shape index (κ2) is 8.55. The molecule has 1 fully saturated rings. The highest BCUT2D eigenvalue weighted by Gasteiger charge is 2.21. The minimum atomic E-state index is -0.0577. The molecule has 0 saturated carbocycles. The molecule has 0 spiro atoms. The lowest BCUT2D eigenvalue weighted by Gasteiger charge is -2.31. The number of fused-ring (bicyclic) bond motifs is 1. The monoisotopic (exact) mass is 374 g/mol. The fraction of sp³-hybridized carbons (Fsp3) is 0.292. The van der Waals surface area contributed by atoms with Gasteiger partial charge in [0.1, 0.15) is 0 Å². The average molecular weight is 374 g/mol. The van der Waals surface area contributed by atoms with Gasteiger partial charge in [0.2, 0.25) is 0 Å². The van der Waals surface area contributed by atoms with Crippen LogP contribution in [-0.4, -0.2) is 43.7 Å². The Morgan fingerprint density at radius 2 is 1.71 bits per heavy atom. The molecule has 3 aromatic rings.